The van der Waals surface area contributed by atoms with Crippen LogP contribution in [0.5, 0.6) is 0 Å². The molecule has 0 aliphatic carbocycles. The fraction of sp³-hybridized carbons (Fsp3) is 0.438. The number of aromatic nitrogens is 2. The summed E-state index contributed by atoms with van der Waals surface area (Å²) in [5.41, 5.74) is 3.48. The van der Waals surface area contributed by atoms with Gasteiger partial charge in [-0.15, -0.1) is 0 Å². The van der Waals surface area contributed by atoms with Crippen LogP contribution in [0.2, 0.25) is 5.02 Å². The highest BCUT2D eigenvalue weighted by Crippen LogP contribution is 2.32. The van der Waals surface area contributed by atoms with Gasteiger partial charge in [0.15, 0.2) is 0 Å². The van der Waals surface area contributed by atoms with E-state index in [1.165, 1.54) is 11.1 Å². The molecule has 1 atom stereocenters. The third kappa shape index (κ3) is 3.50. The first kappa shape index (κ1) is 16.5. The van der Waals surface area contributed by atoms with Crippen LogP contribution in [0.3, 0.4) is 0 Å². The van der Waals surface area contributed by atoms with E-state index in [0.717, 1.165) is 16.7 Å². The molecule has 0 saturated heterocycles. The van der Waals surface area contributed by atoms with Gasteiger partial charge >= 0.3 is 0 Å². The molecule has 1 unspecified atom stereocenters. The minimum absolute atomic E-state index is 0.0421. The third-order valence-electron chi connectivity index (χ3n) is 3.50. The molecule has 1 aromatic heterocycles. The molecule has 21 heavy (non-hydrogen) atoms. The highest BCUT2D eigenvalue weighted by Gasteiger charge is 2.23. The van der Waals surface area contributed by atoms with Crippen molar-refractivity contribution in [3.8, 4) is 0 Å². The van der Waals surface area contributed by atoms with Crippen molar-refractivity contribution in [1.29, 1.82) is 0 Å². The second-order valence-corrected chi connectivity index (χ2v) is 6.73. The summed E-state index contributed by atoms with van der Waals surface area (Å²) in [5, 5.41) is 8.67. The number of halogens is 2. The maximum atomic E-state index is 6.42. The molecule has 3 nitrogen and oxygen atoms in total. The van der Waals surface area contributed by atoms with Gasteiger partial charge in [0.05, 0.1) is 23.0 Å². The van der Waals surface area contributed by atoms with Gasteiger partial charge in [-0.3, -0.25) is 4.68 Å². The lowest BCUT2D eigenvalue weighted by molar-refractivity contribution is 0.476. The number of nitrogens with zero attached hydrogens (tertiary/aromatic N) is 2. The number of nitrogens with one attached hydrogen (secondary N) is 1. The van der Waals surface area contributed by atoms with E-state index in [-0.39, 0.29) is 12.1 Å². The molecule has 0 spiro atoms. The Kier molecular flexibility index (Phi) is 5.47. The van der Waals surface area contributed by atoms with Crippen molar-refractivity contribution >= 4 is 27.5 Å². The molecule has 0 amide bonds. The Bertz CT molecular complexity index is 622. The number of hydrogen-bond acceptors (Lipinski definition) is 2. The fourth-order valence-electron chi connectivity index (χ4n) is 2.55. The van der Waals surface area contributed by atoms with Gasteiger partial charge < -0.3 is 5.32 Å². The number of rotatable bonds is 5. The van der Waals surface area contributed by atoms with Crippen molar-refractivity contribution in [2.24, 2.45) is 0 Å². The zero-order valence-corrected chi connectivity index (χ0v) is 15.2. The molecule has 5 heteroatoms. The zero-order valence-electron chi connectivity index (χ0n) is 12.8. The quantitative estimate of drug-likeness (QED) is 0.812. The average Bonchev–Trinajstić information content (AvgIpc) is 2.79. The summed E-state index contributed by atoms with van der Waals surface area (Å²) in [5.74, 6) is 0. The number of aryl methyl sites for hydroxylation is 1. The second-order valence-electron chi connectivity index (χ2n) is 5.41. The van der Waals surface area contributed by atoms with Gasteiger partial charge in [0.25, 0.3) is 0 Å². The first-order valence-corrected chi connectivity index (χ1v) is 8.35. The highest BCUT2D eigenvalue weighted by molar-refractivity contribution is 9.10. The Hall–Kier alpha value is -0.840. The van der Waals surface area contributed by atoms with Crippen molar-refractivity contribution in [1.82, 2.24) is 15.1 Å². The summed E-state index contributed by atoms with van der Waals surface area (Å²) in [6.45, 7) is 9.31. The average molecular weight is 371 g/mol. The predicted molar refractivity (Wildman–Crippen MR) is 92.0 cm³/mol. The molecular weight excluding hydrogens is 350 g/mol. The van der Waals surface area contributed by atoms with Gasteiger partial charge in [-0.05, 0) is 50.6 Å². The Morgan fingerprint density at radius 3 is 2.67 bits per heavy atom. The van der Waals surface area contributed by atoms with Crippen molar-refractivity contribution in [3.63, 3.8) is 0 Å². The monoisotopic (exact) mass is 369 g/mol. The molecule has 1 heterocycles. The summed E-state index contributed by atoms with van der Waals surface area (Å²) in [6.07, 6.45) is 1.73. The molecule has 1 N–H and O–H groups in total. The molecule has 0 radical (unpaired) electrons. The van der Waals surface area contributed by atoms with Crippen LogP contribution in [0, 0.1) is 6.92 Å². The maximum Gasteiger partial charge on any atom is 0.0837 e. The van der Waals surface area contributed by atoms with Gasteiger partial charge in [0.2, 0.25) is 0 Å². The zero-order chi connectivity index (χ0) is 15.6. The minimum Gasteiger partial charge on any atom is -0.305 e. The molecule has 0 fully saturated rings. The number of benzene rings is 1. The molecule has 0 aliphatic heterocycles. The SMILES string of the molecule is CCNC(c1ccc(Br)cc1C)c1c(Cl)cnn1C(C)C. The van der Waals surface area contributed by atoms with Gasteiger partial charge in [-0.1, -0.05) is 40.5 Å². The van der Waals surface area contributed by atoms with Gasteiger partial charge in [0, 0.05) is 10.5 Å². The Morgan fingerprint density at radius 1 is 1.38 bits per heavy atom. The molecule has 0 aliphatic rings. The van der Waals surface area contributed by atoms with E-state index in [1.807, 2.05) is 4.68 Å². The van der Waals surface area contributed by atoms with Crippen LogP contribution in [0.15, 0.2) is 28.9 Å². The standard InChI is InChI=1S/C16H21BrClN3/c1-5-19-15(13-7-6-12(17)8-11(13)4)16-14(18)9-20-21(16)10(2)3/h6-10,15,19H,5H2,1-4H3. The summed E-state index contributed by atoms with van der Waals surface area (Å²) < 4.78 is 3.08. The van der Waals surface area contributed by atoms with Gasteiger partial charge in [-0.25, -0.2) is 0 Å². The molecule has 1 aromatic carbocycles. The first-order chi connectivity index (χ1) is 9.95. The lowest BCUT2D eigenvalue weighted by Crippen LogP contribution is -2.26. The van der Waals surface area contributed by atoms with E-state index in [1.54, 1.807) is 6.20 Å². The normalized spacial score (nSPS) is 12.9. The third-order valence-corrected chi connectivity index (χ3v) is 4.29. The second kappa shape index (κ2) is 6.95. The van der Waals surface area contributed by atoms with Crippen LogP contribution in [0.1, 0.15) is 49.7 Å². The van der Waals surface area contributed by atoms with Gasteiger partial charge in [-0.2, -0.15) is 5.10 Å². The maximum absolute atomic E-state index is 6.42. The van der Waals surface area contributed by atoms with E-state index in [0.29, 0.717) is 5.02 Å². The highest BCUT2D eigenvalue weighted by atomic mass is 79.9. The Morgan fingerprint density at radius 2 is 2.10 bits per heavy atom. The van der Waals surface area contributed by atoms with Crippen LogP contribution in [-0.4, -0.2) is 16.3 Å². The lowest BCUT2D eigenvalue weighted by Gasteiger charge is -2.23. The smallest absolute Gasteiger partial charge is 0.0837 e. The Labute approximate surface area is 139 Å². The van der Waals surface area contributed by atoms with Crippen molar-refractivity contribution in [2.45, 2.75) is 39.8 Å². The van der Waals surface area contributed by atoms with Crippen molar-refractivity contribution < 1.29 is 0 Å². The predicted octanol–water partition coefficient (Wildman–Crippen LogP) is 4.89. The first-order valence-electron chi connectivity index (χ1n) is 7.18. The molecule has 2 rings (SSSR count). The van der Waals surface area contributed by atoms with Crippen molar-refractivity contribution in [3.05, 3.63) is 50.7 Å². The fourth-order valence-corrected chi connectivity index (χ4v) is 3.27. The van der Waals surface area contributed by atoms with Crippen LogP contribution in [0.25, 0.3) is 0 Å². The van der Waals surface area contributed by atoms with E-state index in [9.17, 15) is 0 Å². The lowest BCUT2D eigenvalue weighted by atomic mass is 9.98. The molecule has 114 valence electrons. The van der Waals surface area contributed by atoms with E-state index >= 15 is 0 Å². The summed E-state index contributed by atoms with van der Waals surface area (Å²) >= 11 is 9.94. The van der Waals surface area contributed by atoms with E-state index in [4.69, 9.17) is 11.6 Å². The minimum atomic E-state index is 0.0421. The molecule has 2 aromatic rings. The van der Waals surface area contributed by atoms with Crippen LogP contribution in [-0.2, 0) is 0 Å². The van der Waals surface area contributed by atoms with Crippen LogP contribution >= 0.6 is 27.5 Å². The Balaban J connectivity index is 2.56. The molecule has 0 bridgehead atoms. The van der Waals surface area contributed by atoms with E-state index in [2.05, 4.69) is 72.2 Å². The summed E-state index contributed by atoms with van der Waals surface area (Å²) in [6, 6.07) is 6.64. The van der Waals surface area contributed by atoms with Crippen molar-refractivity contribution in [2.75, 3.05) is 6.54 Å². The largest absolute Gasteiger partial charge is 0.305 e. The van der Waals surface area contributed by atoms with E-state index < -0.39 is 0 Å². The molecule has 0 saturated carbocycles. The number of hydrogen-bond donors (Lipinski definition) is 1. The van der Waals surface area contributed by atoms with Gasteiger partial charge in [0.1, 0.15) is 0 Å². The van der Waals surface area contributed by atoms with Crippen LogP contribution in [0.4, 0.5) is 0 Å². The molecular formula is C16H21BrClN3. The topological polar surface area (TPSA) is 29.9 Å². The summed E-state index contributed by atoms with van der Waals surface area (Å²) in [7, 11) is 0. The van der Waals surface area contributed by atoms with Crippen LogP contribution < -0.4 is 5.32 Å². The summed E-state index contributed by atoms with van der Waals surface area (Å²) in [4.78, 5) is 0.